The molecule has 6 nitrogen and oxygen atoms in total. The van der Waals surface area contributed by atoms with Gasteiger partial charge < -0.3 is 15.5 Å². The van der Waals surface area contributed by atoms with E-state index < -0.39 is 0 Å². The lowest BCUT2D eigenvalue weighted by atomic mass is 10.1. The van der Waals surface area contributed by atoms with E-state index in [9.17, 15) is 4.79 Å². The first-order chi connectivity index (χ1) is 15.0. The number of benzene rings is 2. The summed E-state index contributed by atoms with van der Waals surface area (Å²) in [4.78, 5) is 24.2. The van der Waals surface area contributed by atoms with Crippen LogP contribution in [0.25, 0.3) is 10.6 Å². The zero-order valence-corrected chi connectivity index (χ0v) is 19.3. The number of aryl methyl sites for hydroxylation is 1. The summed E-state index contributed by atoms with van der Waals surface area (Å²) >= 11 is 1.70. The van der Waals surface area contributed by atoms with E-state index >= 15 is 0 Å². The van der Waals surface area contributed by atoms with Gasteiger partial charge in [-0.3, -0.25) is 4.79 Å². The van der Waals surface area contributed by atoms with Crippen LogP contribution in [-0.4, -0.2) is 42.4 Å². The molecule has 0 spiro atoms. The Balaban J connectivity index is 1.64. The average molecular weight is 436 g/mol. The van der Waals surface area contributed by atoms with Crippen molar-refractivity contribution in [2.24, 2.45) is 4.99 Å². The fourth-order valence-corrected chi connectivity index (χ4v) is 3.99. The molecule has 7 heteroatoms. The summed E-state index contributed by atoms with van der Waals surface area (Å²) in [6.45, 7) is 6.06. The van der Waals surface area contributed by atoms with Gasteiger partial charge in [-0.2, -0.15) is 0 Å². The van der Waals surface area contributed by atoms with E-state index in [0.29, 0.717) is 18.7 Å². The molecule has 3 aromatic rings. The van der Waals surface area contributed by atoms with Crippen molar-refractivity contribution in [1.82, 2.24) is 20.5 Å². The summed E-state index contributed by atoms with van der Waals surface area (Å²) < 4.78 is 0. The minimum absolute atomic E-state index is 0.000134. The Kier molecular flexibility index (Phi) is 7.78. The molecule has 0 saturated heterocycles. The number of amides is 1. The molecule has 3 rings (SSSR count). The monoisotopic (exact) mass is 435 g/mol. The van der Waals surface area contributed by atoms with Crippen LogP contribution in [-0.2, 0) is 13.1 Å². The van der Waals surface area contributed by atoms with Crippen molar-refractivity contribution >= 4 is 23.2 Å². The summed E-state index contributed by atoms with van der Waals surface area (Å²) in [5.74, 6) is 0.755. The van der Waals surface area contributed by atoms with Crippen molar-refractivity contribution < 1.29 is 4.79 Å². The summed E-state index contributed by atoms with van der Waals surface area (Å²) in [5.41, 5.74) is 3.90. The number of rotatable bonds is 7. The second-order valence-electron chi connectivity index (χ2n) is 7.34. The van der Waals surface area contributed by atoms with E-state index in [-0.39, 0.29) is 5.91 Å². The number of hydrogen-bond donors (Lipinski definition) is 2. The van der Waals surface area contributed by atoms with Crippen LogP contribution < -0.4 is 10.6 Å². The van der Waals surface area contributed by atoms with Crippen molar-refractivity contribution in [2.75, 3.05) is 20.6 Å². The van der Waals surface area contributed by atoms with Crippen molar-refractivity contribution in [3.63, 3.8) is 0 Å². The lowest BCUT2D eigenvalue weighted by molar-refractivity contribution is 0.0827. The third-order valence-electron chi connectivity index (χ3n) is 4.70. The molecule has 0 saturated carbocycles. The fraction of sp³-hybridized carbons (Fsp3) is 0.292. The van der Waals surface area contributed by atoms with Crippen LogP contribution in [0.3, 0.4) is 0 Å². The molecular weight excluding hydrogens is 406 g/mol. The highest BCUT2D eigenvalue weighted by molar-refractivity contribution is 7.15. The molecule has 1 amide bonds. The van der Waals surface area contributed by atoms with Gasteiger partial charge in [0.05, 0.1) is 18.8 Å². The van der Waals surface area contributed by atoms with Crippen molar-refractivity contribution in [1.29, 1.82) is 0 Å². The van der Waals surface area contributed by atoms with E-state index in [1.165, 1.54) is 4.88 Å². The van der Waals surface area contributed by atoms with Crippen LogP contribution >= 0.6 is 11.3 Å². The minimum Gasteiger partial charge on any atom is -0.357 e. The number of carbonyl (C=O) groups is 1. The van der Waals surface area contributed by atoms with Crippen LogP contribution in [0.15, 0.2) is 59.6 Å². The number of nitrogens with one attached hydrogen (secondary N) is 2. The molecule has 1 heterocycles. The van der Waals surface area contributed by atoms with E-state index in [1.807, 2.05) is 56.3 Å². The predicted molar refractivity (Wildman–Crippen MR) is 128 cm³/mol. The molecular formula is C24H29N5OS. The average Bonchev–Trinajstić information content (AvgIpc) is 3.16. The lowest BCUT2D eigenvalue weighted by Crippen LogP contribution is -2.36. The highest BCUT2D eigenvalue weighted by Gasteiger charge is 2.10. The van der Waals surface area contributed by atoms with Gasteiger partial charge in [-0.15, -0.1) is 11.3 Å². The Morgan fingerprint density at radius 2 is 1.77 bits per heavy atom. The van der Waals surface area contributed by atoms with E-state index in [2.05, 4.69) is 27.8 Å². The third kappa shape index (κ3) is 6.15. The molecule has 31 heavy (non-hydrogen) atoms. The maximum absolute atomic E-state index is 12.0. The number of guanidine groups is 1. The van der Waals surface area contributed by atoms with Crippen molar-refractivity contribution in [2.45, 2.75) is 26.9 Å². The molecule has 2 aromatic carbocycles. The van der Waals surface area contributed by atoms with Crippen LogP contribution in [0.5, 0.6) is 0 Å². The van der Waals surface area contributed by atoms with Crippen molar-refractivity contribution in [3.05, 3.63) is 76.3 Å². The second-order valence-corrected chi connectivity index (χ2v) is 8.42. The van der Waals surface area contributed by atoms with Crippen LogP contribution in [0, 0.1) is 6.92 Å². The largest absolute Gasteiger partial charge is 0.357 e. The maximum Gasteiger partial charge on any atom is 0.253 e. The van der Waals surface area contributed by atoms with Crippen molar-refractivity contribution in [3.8, 4) is 10.6 Å². The minimum atomic E-state index is -0.000134. The Hall–Kier alpha value is -3.19. The number of aliphatic imine (C=N–C) groups is 1. The highest BCUT2D eigenvalue weighted by atomic mass is 32.1. The second kappa shape index (κ2) is 10.7. The quantitative estimate of drug-likeness (QED) is 0.433. The zero-order chi connectivity index (χ0) is 22.2. The number of aromatic nitrogens is 1. The van der Waals surface area contributed by atoms with Gasteiger partial charge in [0, 0.05) is 36.6 Å². The lowest BCUT2D eigenvalue weighted by Gasteiger charge is -2.12. The third-order valence-corrected chi connectivity index (χ3v) is 5.91. The summed E-state index contributed by atoms with van der Waals surface area (Å²) in [6, 6.07) is 17.8. The van der Waals surface area contributed by atoms with Gasteiger partial charge in [-0.1, -0.05) is 42.5 Å². The Morgan fingerprint density at radius 3 is 2.42 bits per heavy atom. The molecule has 0 aliphatic rings. The van der Waals surface area contributed by atoms with E-state index in [1.54, 1.807) is 30.3 Å². The highest BCUT2D eigenvalue weighted by Crippen LogP contribution is 2.27. The van der Waals surface area contributed by atoms with Crippen LogP contribution in [0.4, 0.5) is 0 Å². The molecule has 0 aliphatic heterocycles. The standard InChI is InChI=1S/C24H29N5OS/c1-5-25-24(26-15-18-11-13-20(14-12-18)23(30)29(3)4)27-16-21-17(2)28-22(31-21)19-9-7-6-8-10-19/h6-14H,5,15-16H2,1-4H3,(H2,25,26,27). The van der Waals surface area contributed by atoms with Gasteiger partial charge in [-0.05, 0) is 31.5 Å². The van der Waals surface area contributed by atoms with Crippen LogP contribution in [0.1, 0.15) is 33.4 Å². The molecule has 0 radical (unpaired) electrons. The number of hydrogen-bond acceptors (Lipinski definition) is 4. The molecule has 0 unspecified atom stereocenters. The molecule has 162 valence electrons. The predicted octanol–water partition coefficient (Wildman–Crippen LogP) is 4.08. The van der Waals surface area contributed by atoms with E-state index in [0.717, 1.165) is 34.3 Å². The zero-order valence-electron chi connectivity index (χ0n) is 18.5. The van der Waals surface area contributed by atoms with Gasteiger partial charge >= 0.3 is 0 Å². The molecule has 0 atom stereocenters. The molecule has 2 N–H and O–H groups in total. The first-order valence-electron chi connectivity index (χ1n) is 10.3. The Bertz CT molecular complexity index is 1030. The first-order valence-corrected chi connectivity index (χ1v) is 11.1. The SMILES string of the molecule is CCNC(=NCc1ccc(C(=O)N(C)C)cc1)NCc1sc(-c2ccccc2)nc1C. The smallest absolute Gasteiger partial charge is 0.253 e. The van der Waals surface area contributed by atoms with Gasteiger partial charge in [0.15, 0.2) is 5.96 Å². The topological polar surface area (TPSA) is 69.6 Å². The summed E-state index contributed by atoms with van der Waals surface area (Å²) in [7, 11) is 3.51. The van der Waals surface area contributed by atoms with Gasteiger partial charge in [0.2, 0.25) is 0 Å². The van der Waals surface area contributed by atoms with E-state index in [4.69, 9.17) is 4.98 Å². The Morgan fingerprint density at radius 1 is 1.06 bits per heavy atom. The number of thiazole rings is 1. The summed E-state index contributed by atoms with van der Waals surface area (Å²) in [5, 5.41) is 7.73. The maximum atomic E-state index is 12.0. The number of carbonyl (C=O) groups excluding carboxylic acids is 1. The summed E-state index contributed by atoms with van der Waals surface area (Å²) in [6.07, 6.45) is 0. The fourth-order valence-electron chi connectivity index (χ4n) is 2.98. The molecule has 0 bridgehead atoms. The van der Waals surface area contributed by atoms with Gasteiger partial charge in [0.1, 0.15) is 5.01 Å². The van der Waals surface area contributed by atoms with Gasteiger partial charge in [-0.25, -0.2) is 9.98 Å². The molecule has 0 fully saturated rings. The van der Waals surface area contributed by atoms with Crippen LogP contribution in [0.2, 0.25) is 0 Å². The molecule has 0 aliphatic carbocycles. The molecule has 1 aromatic heterocycles. The van der Waals surface area contributed by atoms with Gasteiger partial charge in [0.25, 0.3) is 5.91 Å². The number of nitrogens with zero attached hydrogens (tertiary/aromatic N) is 3. The normalized spacial score (nSPS) is 11.3. The Labute approximate surface area is 188 Å². The first kappa shape index (κ1) is 22.5.